The van der Waals surface area contributed by atoms with Crippen LogP contribution in [-0.2, 0) is 9.53 Å². The van der Waals surface area contributed by atoms with Crippen LogP contribution in [0.25, 0.3) is 0 Å². The highest BCUT2D eigenvalue weighted by atomic mass is 16.5. The Morgan fingerprint density at radius 1 is 1.46 bits per heavy atom. The third-order valence-electron chi connectivity index (χ3n) is 3.06. The van der Waals surface area contributed by atoms with Crippen molar-refractivity contribution in [2.24, 2.45) is 11.8 Å². The Bertz CT molecular complexity index is 173. The Balaban J connectivity index is 2.54. The van der Waals surface area contributed by atoms with Crippen LogP contribution in [0.3, 0.4) is 0 Å². The van der Waals surface area contributed by atoms with Crippen LogP contribution >= 0.6 is 0 Å². The first-order chi connectivity index (χ1) is 6.20. The largest absolute Gasteiger partial charge is 0.370 e. The maximum atomic E-state index is 11.9. The number of rotatable bonds is 4. The Labute approximate surface area is 80.7 Å². The standard InChI is InChI=1S/C11H20O2/c1-4-9(5-2)10(12)11-8(3)6-7-13-11/h8-9,11H,4-7H2,1-3H3. The average molecular weight is 184 g/mol. The first kappa shape index (κ1) is 10.7. The second kappa shape index (κ2) is 4.75. The molecule has 2 unspecified atom stereocenters. The van der Waals surface area contributed by atoms with Crippen molar-refractivity contribution in [1.29, 1.82) is 0 Å². The molecule has 0 aliphatic carbocycles. The third kappa shape index (κ3) is 2.31. The molecule has 0 aromatic carbocycles. The minimum absolute atomic E-state index is 0.107. The molecule has 1 rings (SSSR count). The molecule has 2 atom stereocenters. The van der Waals surface area contributed by atoms with Crippen molar-refractivity contribution in [2.45, 2.75) is 46.1 Å². The summed E-state index contributed by atoms with van der Waals surface area (Å²) in [5.74, 6) is 0.966. The number of Topliss-reactive ketones (excluding diaryl/α,β-unsaturated/α-hetero) is 1. The zero-order valence-electron chi connectivity index (χ0n) is 8.88. The second-order valence-corrected chi connectivity index (χ2v) is 3.97. The summed E-state index contributed by atoms with van der Waals surface area (Å²) in [6.07, 6.45) is 2.82. The van der Waals surface area contributed by atoms with E-state index in [1.165, 1.54) is 0 Å². The van der Waals surface area contributed by atoms with Gasteiger partial charge in [0.05, 0.1) is 0 Å². The Morgan fingerprint density at radius 2 is 2.08 bits per heavy atom. The third-order valence-corrected chi connectivity index (χ3v) is 3.06. The lowest BCUT2D eigenvalue weighted by atomic mass is 9.89. The van der Waals surface area contributed by atoms with Gasteiger partial charge in [-0.2, -0.15) is 0 Å². The Hall–Kier alpha value is -0.370. The molecule has 0 spiro atoms. The van der Waals surface area contributed by atoms with E-state index < -0.39 is 0 Å². The molecule has 76 valence electrons. The SMILES string of the molecule is CCC(CC)C(=O)C1OCCC1C. The van der Waals surface area contributed by atoms with Crippen LogP contribution in [0, 0.1) is 11.8 Å². The molecule has 0 aromatic rings. The summed E-state index contributed by atoms with van der Waals surface area (Å²) in [4.78, 5) is 11.9. The summed E-state index contributed by atoms with van der Waals surface area (Å²) < 4.78 is 5.46. The van der Waals surface area contributed by atoms with Gasteiger partial charge in [-0.1, -0.05) is 20.8 Å². The van der Waals surface area contributed by atoms with Gasteiger partial charge in [-0.05, 0) is 25.2 Å². The zero-order valence-corrected chi connectivity index (χ0v) is 8.88. The van der Waals surface area contributed by atoms with E-state index in [4.69, 9.17) is 4.74 Å². The number of hydrogen-bond acceptors (Lipinski definition) is 2. The van der Waals surface area contributed by atoms with Gasteiger partial charge in [0.2, 0.25) is 0 Å². The van der Waals surface area contributed by atoms with Crippen LogP contribution in [0.2, 0.25) is 0 Å². The number of ketones is 1. The molecule has 13 heavy (non-hydrogen) atoms. The maximum absolute atomic E-state index is 11.9. The highest BCUT2D eigenvalue weighted by molar-refractivity contribution is 5.85. The van der Waals surface area contributed by atoms with Crippen molar-refractivity contribution in [1.82, 2.24) is 0 Å². The van der Waals surface area contributed by atoms with Gasteiger partial charge in [-0.25, -0.2) is 0 Å². The molecule has 0 bridgehead atoms. The van der Waals surface area contributed by atoms with Gasteiger partial charge in [-0.3, -0.25) is 4.79 Å². The molecule has 1 heterocycles. The summed E-state index contributed by atoms with van der Waals surface area (Å²) in [5, 5.41) is 0. The van der Waals surface area contributed by atoms with Gasteiger partial charge in [-0.15, -0.1) is 0 Å². The summed E-state index contributed by atoms with van der Waals surface area (Å²) in [6, 6.07) is 0. The fourth-order valence-electron chi connectivity index (χ4n) is 1.98. The molecule has 0 N–H and O–H groups in total. The Morgan fingerprint density at radius 3 is 2.46 bits per heavy atom. The predicted octanol–water partition coefficient (Wildman–Crippen LogP) is 2.42. The summed E-state index contributed by atoms with van der Waals surface area (Å²) in [7, 11) is 0. The fraction of sp³-hybridized carbons (Fsp3) is 0.909. The van der Waals surface area contributed by atoms with Gasteiger partial charge >= 0.3 is 0 Å². The fourth-order valence-corrected chi connectivity index (χ4v) is 1.98. The van der Waals surface area contributed by atoms with Crippen molar-refractivity contribution >= 4 is 5.78 Å². The van der Waals surface area contributed by atoms with Crippen LogP contribution in [0.1, 0.15) is 40.0 Å². The molecule has 1 aliphatic heterocycles. The predicted molar refractivity (Wildman–Crippen MR) is 52.6 cm³/mol. The lowest BCUT2D eigenvalue weighted by Gasteiger charge is -2.18. The molecule has 0 amide bonds. The van der Waals surface area contributed by atoms with Crippen molar-refractivity contribution < 1.29 is 9.53 Å². The molecule has 1 saturated heterocycles. The molecule has 0 radical (unpaired) electrons. The van der Waals surface area contributed by atoms with Gasteiger partial charge in [0, 0.05) is 12.5 Å². The van der Waals surface area contributed by atoms with Gasteiger partial charge in [0.15, 0.2) is 5.78 Å². The summed E-state index contributed by atoms with van der Waals surface area (Å²) >= 11 is 0. The molecule has 0 aromatic heterocycles. The first-order valence-corrected chi connectivity index (χ1v) is 5.36. The van der Waals surface area contributed by atoms with E-state index in [1.807, 2.05) is 0 Å². The van der Waals surface area contributed by atoms with Gasteiger partial charge < -0.3 is 4.74 Å². The quantitative estimate of drug-likeness (QED) is 0.670. The topological polar surface area (TPSA) is 26.3 Å². The van der Waals surface area contributed by atoms with Crippen molar-refractivity contribution in [3.63, 3.8) is 0 Å². The summed E-state index contributed by atoms with van der Waals surface area (Å²) in [6.45, 7) is 7.02. The minimum Gasteiger partial charge on any atom is -0.370 e. The molecule has 2 nitrogen and oxygen atoms in total. The minimum atomic E-state index is -0.107. The molecule has 1 fully saturated rings. The monoisotopic (exact) mass is 184 g/mol. The normalized spacial score (nSPS) is 28.3. The van der Waals surface area contributed by atoms with E-state index in [-0.39, 0.29) is 12.0 Å². The number of carbonyl (C=O) groups is 1. The number of carbonyl (C=O) groups excluding carboxylic acids is 1. The van der Waals surface area contributed by atoms with Crippen LogP contribution in [0.5, 0.6) is 0 Å². The molecule has 1 aliphatic rings. The zero-order chi connectivity index (χ0) is 9.84. The first-order valence-electron chi connectivity index (χ1n) is 5.36. The Kier molecular flexibility index (Phi) is 3.91. The van der Waals surface area contributed by atoms with Crippen LogP contribution in [-0.4, -0.2) is 18.5 Å². The van der Waals surface area contributed by atoms with E-state index in [0.29, 0.717) is 11.7 Å². The van der Waals surface area contributed by atoms with Gasteiger partial charge in [0.25, 0.3) is 0 Å². The molecule has 0 saturated carbocycles. The lowest BCUT2D eigenvalue weighted by molar-refractivity contribution is -0.133. The van der Waals surface area contributed by atoms with Gasteiger partial charge in [0.1, 0.15) is 6.10 Å². The van der Waals surface area contributed by atoms with E-state index in [1.54, 1.807) is 0 Å². The van der Waals surface area contributed by atoms with E-state index in [9.17, 15) is 4.79 Å². The molecule has 2 heteroatoms. The molecular weight excluding hydrogens is 164 g/mol. The van der Waals surface area contributed by atoms with E-state index >= 15 is 0 Å². The average Bonchev–Trinajstić information content (AvgIpc) is 2.53. The van der Waals surface area contributed by atoms with Crippen LogP contribution in [0.4, 0.5) is 0 Å². The second-order valence-electron chi connectivity index (χ2n) is 3.97. The highest BCUT2D eigenvalue weighted by Crippen LogP contribution is 2.25. The maximum Gasteiger partial charge on any atom is 0.164 e. The van der Waals surface area contributed by atoms with Crippen LogP contribution < -0.4 is 0 Å². The smallest absolute Gasteiger partial charge is 0.164 e. The van der Waals surface area contributed by atoms with Crippen molar-refractivity contribution in [3.05, 3.63) is 0 Å². The number of hydrogen-bond donors (Lipinski definition) is 0. The van der Waals surface area contributed by atoms with Crippen molar-refractivity contribution in [3.8, 4) is 0 Å². The van der Waals surface area contributed by atoms with E-state index in [2.05, 4.69) is 20.8 Å². The highest BCUT2D eigenvalue weighted by Gasteiger charge is 2.33. The lowest BCUT2D eigenvalue weighted by Crippen LogP contribution is -2.31. The van der Waals surface area contributed by atoms with Crippen molar-refractivity contribution in [2.75, 3.05) is 6.61 Å². The van der Waals surface area contributed by atoms with E-state index in [0.717, 1.165) is 25.9 Å². The summed E-state index contributed by atoms with van der Waals surface area (Å²) in [5.41, 5.74) is 0. The van der Waals surface area contributed by atoms with Crippen LogP contribution in [0.15, 0.2) is 0 Å². The molecular formula is C11H20O2. The number of ether oxygens (including phenoxy) is 1.